The van der Waals surface area contributed by atoms with E-state index in [1.54, 1.807) is 11.3 Å². The predicted octanol–water partition coefficient (Wildman–Crippen LogP) is 13.9. The predicted molar refractivity (Wildman–Crippen MR) is 259 cm³/mol. The fourth-order valence-electron chi connectivity index (χ4n) is 9.13. The van der Waals surface area contributed by atoms with E-state index in [0.717, 1.165) is 83.1 Å². The molecule has 6 heterocycles. The Labute approximate surface area is 364 Å². The topological polar surface area (TPSA) is 74.3 Å². The average Bonchev–Trinajstić information content (AvgIpc) is 4.01. The SMILES string of the molecule is c1ccc(-c2nc(-c3ccccc3)nc(-n3c4ccccc4c4cc(-c5ccc6c(c5)c5ccccc5n6-c5cccc(-c6ccc7sc8cccnc8c7c6)n5)ccc43)n2)cc1. The van der Waals surface area contributed by atoms with Crippen LogP contribution >= 0.6 is 11.3 Å². The van der Waals surface area contributed by atoms with Gasteiger partial charge in [0.1, 0.15) is 5.82 Å². The number of rotatable bonds is 6. The van der Waals surface area contributed by atoms with Crippen LogP contribution in [0.2, 0.25) is 0 Å². The molecule has 13 aromatic rings. The minimum absolute atomic E-state index is 0.575. The second-order valence-corrected chi connectivity index (χ2v) is 16.8. The van der Waals surface area contributed by atoms with Crippen LogP contribution in [0.3, 0.4) is 0 Å². The van der Waals surface area contributed by atoms with Gasteiger partial charge in [0.05, 0.1) is 38.0 Å². The molecule has 0 aliphatic carbocycles. The van der Waals surface area contributed by atoms with Crippen molar-refractivity contribution < 1.29 is 0 Å². The highest BCUT2D eigenvalue weighted by molar-refractivity contribution is 7.25. The molecular formula is C55H33N7S. The van der Waals surface area contributed by atoms with Crippen LogP contribution in [0.15, 0.2) is 200 Å². The van der Waals surface area contributed by atoms with Gasteiger partial charge in [0, 0.05) is 54.5 Å². The molecule has 294 valence electrons. The lowest BCUT2D eigenvalue weighted by Gasteiger charge is -2.11. The van der Waals surface area contributed by atoms with Crippen molar-refractivity contribution >= 4 is 75.3 Å². The van der Waals surface area contributed by atoms with Gasteiger partial charge in [0.15, 0.2) is 11.6 Å². The monoisotopic (exact) mass is 823 g/mol. The first-order valence-corrected chi connectivity index (χ1v) is 21.7. The summed E-state index contributed by atoms with van der Waals surface area (Å²) in [7, 11) is 0. The number of pyridine rings is 2. The van der Waals surface area contributed by atoms with Gasteiger partial charge in [-0.25, -0.2) is 9.97 Å². The Morgan fingerprint density at radius 3 is 1.60 bits per heavy atom. The van der Waals surface area contributed by atoms with Crippen LogP contribution in [-0.4, -0.2) is 34.1 Å². The second-order valence-electron chi connectivity index (χ2n) is 15.7. The third-order valence-corrected chi connectivity index (χ3v) is 13.2. The van der Waals surface area contributed by atoms with Crippen molar-refractivity contribution in [2.24, 2.45) is 0 Å². The standard InChI is InChI=1S/C55H33N7S/c1-3-13-34(14-4-1)53-58-54(35-15-5-2-6-16-35)60-55(59-53)62-46-21-10-8-18-40(46)42-32-37(25-28-48(42)62)36-24-27-47-41(31-36)39-17-7-9-20-45(39)61(47)51-23-11-19-44(57-51)38-26-29-49-43(33-38)52-50(63-49)22-12-30-56-52/h1-33H. The lowest BCUT2D eigenvalue weighted by Crippen LogP contribution is -2.06. The summed E-state index contributed by atoms with van der Waals surface area (Å²) in [5.74, 6) is 2.70. The number of hydrogen-bond donors (Lipinski definition) is 0. The fourth-order valence-corrected chi connectivity index (χ4v) is 10.2. The Morgan fingerprint density at radius 1 is 0.349 bits per heavy atom. The summed E-state index contributed by atoms with van der Waals surface area (Å²) in [6.07, 6.45) is 1.87. The molecule has 8 heteroatoms. The molecule has 7 nitrogen and oxygen atoms in total. The summed E-state index contributed by atoms with van der Waals surface area (Å²) in [4.78, 5) is 25.2. The van der Waals surface area contributed by atoms with Crippen molar-refractivity contribution in [3.05, 3.63) is 200 Å². The van der Waals surface area contributed by atoms with E-state index in [1.165, 1.54) is 20.2 Å². The first-order chi connectivity index (χ1) is 31.2. The zero-order valence-electron chi connectivity index (χ0n) is 33.6. The maximum absolute atomic E-state index is 5.30. The van der Waals surface area contributed by atoms with Crippen molar-refractivity contribution in [2.75, 3.05) is 0 Å². The number of para-hydroxylation sites is 2. The fraction of sp³-hybridized carbons (Fsp3) is 0. The van der Waals surface area contributed by atoms with E-state index in [9.17, 15) is 0 Å². The largest absolute Gasteiger partial charge is 0.294 e. The van der Waals surface area contributed by atoms with Crippen molar-refractivity contribution in [1.29, 1.82) is 0 Å². The van der Waals surface area contributed by atoms with Crippen LogP contribution in [-0.2, 0) is 0 Å². The van der Waals surface area contributed by atoms with Crippen molar-refractivity contribution in [3.63, 3.8) is 0 Å². The third kappa shape index (κ3) is 5.76. The molecule has 0 fully saturated rings. The van der Waals surface area contributed by atoms with Crippen LogP contribution in [0.4, 0.5) is 0 Å². The van der Waals surface area contributed by atoms with E-state index in [1.807, 2.05) is 72.9 Å². The lowest BCUT2D eigenvalue weighted by molar-refractivity contribution is 0.953. The average molecular weight is 824 g/mol. The minimum atomic E-state index is 0.575. The zero-order valence-corrected chi connectivity index (χ0v) is 34.4. The molecule has 0 spiro atoms. The third-order valence-electron chi connectivity index (χ3n) is 12.1. The highest BCUT2D eigenvalue weighted by Crippen LogP contribution is 2.39. The van der Waals surface area contributed by atoms with Crippen molar-refractivity contribution in [2.45, 2.75) is 0 Å². The molecule has 0 aliphatic rings. The van der Waals surface area contributed by atoms with Crippen LogP contribution in [0.25, 0.3) is 121 Å². The summed E-state index contributed by atoms with van der Waals surface area (Å²) in [6.45, 7) is 0. The molecule has 0 aliphatic heterocycles. The smallest absolute Gasteiger partial charge is 0.238 e. The van der Waals surface area contributed by atoms with Crippen molar-refractivity contribution in [1.82, 2.24) is 34.1 Å². The maximum atomic E-state index is 5.30. The van der Waals surface area contributed by atoms with E-state index in [4.69, 9.17) is 24.9 Å². The molecule has 0 amide bonds. The Kier molecular flexibility index (Phi) is 7.94. The minimum Gasteiger partial charge on any atom is -0.294 e. The van der Waals surface area contributed by atoms with Crippen LogP contribution in [0.1, 0.15) is 0 Å². The Morgan fingerprint density at radius 2 is 0.921 bits per heavy atom. The van der Waals surface area contributed by atoms with Crippen molar-refractivity contribution in [3.8, 4) is 56.9 Å². The molecule has 0 N–H and O–H groups in total. The molecule has 7 aromatic carbocycles. The van der Waals surface area contributed by atoms with E-state index in [2.05, 4.69) is 137 Å². The van der Waals surface area contributed by atoms with Gasteiger partial charge in [-0.2, -0.15) is 9.97 Å². The number of aromatic nitrogens is 7. The highest BCUT2D eigenvalue weighted by atomic mass is 32.1. The van der Waals surface area contributed by atoms with Gasteiger partial charge in [-0.05, 0) is 83.9 Å². The van der Waals surface area contributed by atoms with E-state index >= 15 is 0 Å². The Hall–Kier alpha value is -8.33. The van der Waals surface area contributed by atoms with E-state index in [0.29, 0.717) is 17.6 Å². The maximum Gasteiger partial charge on any atom is 0.238 e. The van der Waals surface area contributed by atoms with Gasteiger partial charge in [-0.1, -0.05) is 121 Å². The molecule has 0 radical (unpaired) electrons. The van der Waals surface area contributed by atoms with Gasteiger partial charge in [-0.3, -0.25) is 14.1 Å². The normalized spacial score (nSPS) is 11.8. The summed E-state index contributed by atoms with van der Waals surface area (Å²) in [6, 6.07) is 67.9. The van der Waals surface area contributed by atoms with E-state index in [-0.39, 0.29) is 0 Å². The summed E-state index contributed by atoms with van der Waals surface area (Å²) in [5, 5.41) is 5.76. The number of benzene rings is 7. The second kappa shape index (κ2) is 14.1. The summed E-state index contributed by atoms with van der Waals surface area (Å²) in [5.41, 5.74) is 11.4. The van der Waals surface area contributed by atoms with E-state index < -0.39 is 0 Å². The number of hydrogen-bond acceptors (Lipinski definition) is 6. The van der Waals surface area contributed by atoms with Gasteiger partial charge < -0.3 is 0 Å². The summed E-state index contributed by atoms with van der Waals surface area (Å²) < 4.78 is 6.88. The lowest BCUT2D eigenvalue weighted by atomic mass is 10.0. The molecule has 63 heavy (non-hydrogen) atoms. The molecule has 0 atom stereocenters. The first-order valence-electron chi connectivity index (χ1n) is 20.9. The molecular weight excluding hydrogens is 791 g/mol. The van der Waals surface area contributed by atoms with Gasteiger partial charge in [0.2, 0.25) is 5.95 Å². The number of thiophene rings is 1. The summed E-state index contributed by atoms with van der Waals surface area (Å²) >= 11 is 1.77. The Balaban J connectivity index is 0.938. The molecule has 13 rings (SSSR count). The molecule has 0 unspecified atom stereocenters. The molecule has 0 bridgehead atoms. The number of nitrogens with zero attached hydrogens (tertiary/aromatic N) is 7. The zero-order chi connectivity index (χ0) is 41.4. The van der Waals surface area contributed by atoms with Gasteiger partial charge in [-0.15, -0.1) is 11.3 Å². The molecule has 0 saturated heterocycles. The number of fused-ring (bicyclic) bond motifs is 9. The van der Waals surface area contributed by atoms with Gasteiger partial charge in [0.25, 0.3) is 0 Å². The Bertz CT molecular complexity index is 3870. The molecule has 0 saturated carbocycles. The van der Waals surface area contributed by atoms with Crippen LogP contribution in [0, 0.1) is 0 Å². The molecule has 6 aromatic heterocycles. The van der Waals surface area contributed by atoms with Gasteiger partial charge >= 0.3 is 0 Å². The quantitative estimate of drug-likeness (QED) is 0.167. The first kappa shape index (κ1) is 35.4. The van der Waals surface area contributed by atoms with Crippen LogP contribution < -0.4 is 0 Å². The highest BCUT2D eigenvalue weighted by Gasteiger charge is 2.20. The van der Waals surface area contributed by atoms with Crippen LogP contribution in [0.5, 0.6) is 0 Å².